The highest BCUT2D eigenvalue weighted by atomic mass is 19.1. The minimum absolute atomic E-state index is 0.0164. The van der Waals surface area contributed by atoms with Crippen molar-refractivity contribution in [1.29, 1.82) is 0 Å². The fourth-order valence-corrected chi connectivity index (χ4v) is 5.32. The molecule has 1 fully saturated rings. The van der Waals surface area contributed by atoms with Crippen molar-refractivity contribution >= 4 is 0 Å². The van der Waals surface area contributed by atoms with Crippen LogP contribution in [0.4, 0.5) is 13.2 Å². The molecule has 2 aromatic rings. The lowest BCUT2D eigenvalue weighted by Crippen LogP contribution is -2.29. The fraction of sp³-hybridized carbons (Fsp3) is 0.440. The van der Waals surface area contributed by atoms with Crippen molar-refractivity contribution in [1.82, 2.24) is 0 Å². The Morgan fingerprint density at radius 3 is 2.57 bits per heavy atom. The van der Waals surface area contributed by atoms with E-state index in [1.807, 2.05) is 0 Å². The largest absolute Gasteiger partial charge is 0.207 e. The van der Waals surface area contributed by atoms with Crippen LogP contribution in [0.2, 0.25) is 0 Å². The molecule has 3 unspecified atom stereocenters. The zero-order valence-electron chi connectivity index (χ0n) is 16.4. The van der Waals surface area contributed by atoms with E-state index in [-0.39, 0.29) is 11.5 Å². The highest BCUT2D eigenvalue weighted by molar-refractivity contribution is 5.67. The van der Waals surface area contributed by atoms with E-state index in [4.69, 9.17) is 0 Å². The predicted octanol–water partition coefficient (Wildman–Crippen LogP) is 7.57. The van der Waals surface area contributed by atoms with Crippen molar-refractivity contribution < 1.29 is 13.2 Å². The van der Waals surface area contributed by atoms with Gasteiger partial charge in [0.1, 0.15) is 17.5 Å². The van der Waals surface area contributed by atoms with Gasteiger partial charge in [-0.1, -0.05) is 24.3 Å². The van der Waals surface area contributed by atoms with E-state index in [2.05, 4.69) is 19.1 Å². The van der Waals surface area contributed by atoms with Gasteiger partial charge >= 0.3 is 0 Å². The first kappa shape index (κ1) is 19.3. The summed E-state index contributed by atoms with van der Waals surface area (Å²) in [5.41, 5.74) is 1.93. The van der Waals surface area contributed by atoms with E-state index in [9.17, 15) is 8.78 Å². The van der Waals surface area contributed by atoms with Crippen LogP contribution in [0.15, 0.2) is 42.5 Å². The average Bonchev–Trinajstić information content (AvgIpc) is 2.69. The van der Waals surface area contributed by atoms with Crippen LogP contribution in [-0.2, 0) is 6.42 Å². The highest BCUT2D eigenvalue weighted by Gasteiger charge is 2.37. The second-order valence-electron chi connectivity index (χ2n) is 8.35. The summed E-state index contributed by atoms with van der Waals surface area (Å²) >= 11 is 0. The number of halogens is 3. The molecule has 0 heterocycles. The van der Waals surface area contributed by atoms with Gasteiger partial charge in [0.15, 0.2) is 0 Å². The van der Waals surface area contributed by atoms with Crippen LogP contribution in [0.5, 0.6) is 0 Å². The molecule has 2 aliphatic rings. The van der Waals surface area contributed by atoms with Crippen LogP contribution in [0.3, 0.4) is 0 Å². The normalized spacial score (nSPS) is 24.2. The van der Waals surface area contributed by atoms with Gasteiger partial charge in [0.05, 0.1) is 5.56 Å². The van der Waals surface area contributed by atoms with Crippen LogP contribution in [-0.4, -0.2) is 0 Å². The Labute approximate surface area is 165 Å². The molecule has 2 aliphatic carbocycles. The van der Waals surface area contributed by atoms with Crippen LogP contribution in [0, 0.1) is 29.3 Å². The molecule has 0 radical (unpaired) electrons. The van der Waals surface area contributed by atoms with E-state index >= 15 is 4.39 Å². The maximum absolute atomic E-state index is 15.3. The van der Waals surface area contributed by atoms with Crippen molar-refractivity contribution in [3.63, 3.8) is 0 Å². The first-order valence-electron chi connectivity index (χ1n) is 10.5. The standard InChI is InChI=1S/C25H27F3/c1-2-3-4-5-16-6-12-20-18(14-16)9-13-21-22(20)15-23(27)24(25(21)28)17-7-10-19(26)11-8-17/h2-3,7-8,10-11,15-16,18,20H,4-6,9,12-14H2,1H3. The van der Waals surface area contributed by atoms with Gasteiger partial charge < -0.3 is 0 Å². The smallest absolute Gasteiger partial charge is 0.137 e. The molecule has 3 atom stereocenters. The molecular weight excluding hydrogens is 357 g/mol. The summed E-state index contributed by atoms with van der Waals surface area (Å²) in [7, 11) is 0. The summed E-state index contributed by atoms with van der Waals surface area (Å²) in [6.45, 7) is 2.05. The molecule has 0 bridgehead atoms. The minimum Gasteiger partial charge on any atom is -0.207 e. The SMILES string of the molecule is CC=CCCC1CCC2c3cc(F)c(-c4ccc(F)cc4)c(F)c3CCC2C1. The average molecular weight is 384 g/mol. The second-order valence-corrected chi connectivity index (χ2v) is 8.35. The summed E-state index contributed by atoms with van der Waals surface area (Å²) in [6.07, 6.45) is 11.6. The lowest BCUT2D eigenvalue weighted by Gasteiger charge is -2.41. The number of rotatable bonds is 4. The molecule has 0 aromatic heterocycles. The zero-order chi connectivity index (χ0) is 19.7. The molecule has 0 N–H and O–H groups in total. The molecule has 2 aromatic carbocycles. The van der Waals surface area contributed by atoms with Gasteiger partial charge in [0, 0.05) is 0 Å². The van der Waals surface area contributed by atoms with E-state index in [1.54, 1.807) is 6.07 Å². The molecule has 148 valence electrons. The topological polar surface area (TPSA) is 0 Å². The van der Waals surface area contributed by atoms with Crippen molar-refractivity contribution in [2.75, 3.05) is 0 Å². The van der Waals surface area contributed by atoms with Gasteiger partial charge in [-0.2, -0.15) is 0 Å². The van der Waals surface area contributed by atoms with Gasteiger partial charge in [-0.15, -0.1) is 0 Å². The number of hydrogen-bond acceptors (Lipinski definition) is 0. The molecule has 28 heavy (non-hydrogen) atoms. The zero-order valence-corrected chi connectivity index (χ0v) is 16.4. The van der Waals surface area contributed by atoms with E-state index < -0.39 is 17.5 Å². The Morgan fingerprint density at radius 1 is 1.04 bits per heavy atom. The molecule has 4 rings (SSSR count). The minimum atomic E-state index is -0.529. The Bertz CT molecular complexity index is 866. The van der Waals surface area contributed by atoms with Gasteiger partial charge in [0.25, 0.3) is 0 Å². The predicted molar refractivity (Wildman–Crippen MR) is 108 cm³/mol. The Kier molecular flexibility index (Phi) is 5.61. The Morgan fingerprint density at radius 2 is 1.82 bits per heavy atom. The lowest BCUT2D eigenvalue weighted by atomic mass is 9.64. The quantitative estimate of drug-likeness (QED) is 0.477. The maximum Gasteiger partial charge on any atom is 0.137 e. The summed E-state index contributed by atoms with van der Waals surface area (Å²) < 4.78 is 43.4. The van der Waals surface area contributed by atoms with Gasteiger partial charge in [0.2, 0.25) is 0 Å². The maximum atomic E-state index is 15.3. The molecule has 0 amide bonds. The van der Waals surface area contributed by atoms with Crippen molar-refractivity contribution in [3.05, 3.63) is 71.1 Å². The number of fused-ring (bicyclic) bond motifs is 3. The highest BCUT2D eigenvalue weighted by Crippen LogP contribution is 2.49. The van der Waals surface area contributed by atoms with Crippen LogP contribution in [0.25, 0.3) is 11.1 Å². The third-order valence-corrected chi connectivity index (χ3v) is 6.72. The molecular formula is C25H27F3. The summed E-state index contributed by atoms with van der Waals surface area (Å²) in [6, 6.07) is 6.96. The molecule has 0 aliphatic heterocycles. The van der Waals surface area contributed by atoms with Crippen molar-refractivity contribution in [3.8, 4) is 11.1 Å². The van der Waals surface area contributed by atoms with E-state index in [0.29, 0.717) is 23.5 Å². The molecule has 0 saturated heterocycles. The van der Waals surface area contributed by atoms with Gasteiger partial charge in [-0.05, 0) is 105 Å². The monoisotopic (exact) mass is 384 g/mol. The fourth-order valence-electron chi connectivity index (χ4n) is 5.32. The molecule has 0 spiro atoms. The number of benzene rings is 2. The molecule has 1 saturated carbocycles. The van der Waals surface area contributed by atoms with E-state index in [1.165, 1.54) is 37.1 Å². The van der Waals surface area contributed by atoms with E-state index in [0.717, 1.165) is 37.2 Å². The lowest BCUT2D eigenvalue weighted by molar-refractivity contribution is 0.201. The summed E-state index contributed by atoms with van der Waals surface area (Å²) in [5.74, 6) is 0.151. The number of hydrogen-bond donors (Lipinski definition) is 0. The van der Waals surface area contributed by atoms with Gasteiger partial charge in [-0.25, -0.2) is 13.2 Å². The Balaban J connectivity index is 1.61. The summed E-state index contributed by atoms with van der Waals surface area (Å²) in [4.78, 5) is 0. The van der Waals surface area contributed by atoms with Crippen molar-refractivity contribution in [2.24, 2.45) is 11.8 Å². The van der Waals surface area contributed by atoms with Gasteiger partial charge in [-0.3, -0.25) is 0 Å². The summed E-state index contributed by atoms with van der Waals surface area (Å²) in [5, 5.41) is 0. The first-order valence-corrected chi connectivity index (χ1v) is 10.5. The third kappa shape index (κ3) is 3.64. The first-order chi connectivity index (χ1) is 13.6. The molecule has 0 nitrogen and oxygen atoms in total. The van der Waals surface area contributed by atoms with Crippen LogP contribution < -0.4 is 0 Å². The molecule has 3 heteroatoms. The van der Waals surface area contributed by atoms with Crippen LogP contribution in [0.1, 0.15) is 62.5 Å². The van der Waals surface area contributed by atoms with Crippen molar-refractivity contribution in [2.45, 2.75) is 57.8 Å². The second kappa shape index (κ2) is 8.14. The Hall–Kier alpha value is -2.03. The third-order valence-electron chi connectivity index (χ3n) is 6.72. The van der Waals surface area contributed by atoms with Crippen LogP contribution >= 0.6 is 0 Å². The number of allylic oxidation sites excluding steroid dienone is 2.